The fourth-order valence-electron chi connectivity index (χ4n) is 4.37. The molecular formula is C21H23NO. The predicted octanol–water partition coefficient (Wildman–Crippen LogP) is 5.14. The second kappa shape index (κ2) is 5.45. The Morgan fingerprint density at radius 1 is 1.13 bits per heavy atom. The molecule has 4 rings (SSSR count). The molecule has 0 bridgehead atoms. The highest BCUT2D eigenvalue weighted by molar-refractivity contribution is 5.64. The van der Waals surface area contributed by atoms with Crippen molar-refractivity contribution in [2.75, 3.05) is 12.4 Å². The summed E-state index contributed by atoms with van der Waals surface area (Å²) in [6.45, 7) is 4.41. The molecule has 23 heavy (non-hydrogen) atoms. The van der Waals surface area contributed by atoms with E-state index in [1.807, 2.05) is 6.07 Å². The van der Waals surface area contributed by atoms with Crippen molar-refractivity contribution < 1.29 is 4.74 Å². The zero-order valence-corrected chi connectivity index (χ0v) is 14.0. The Balaban J connectivity index is 1.85. The number of ether oxygens (including phenoxy) is 1. The Hall–Kier alpha value is -2.22. The van der Waals surface area contributed by atoms with Crippen LogP contribution < -0.4 is 10.1 Å². The Bertz CT molecular complexity index is 777. The number of hydrogen-bond acceptors (Lipinski definition) is 2. The molecule has 1 aliphatic heterocycles. The van der Waals surface area contributed by atoms with Crippen LogP contribution >= 0.6 is 0 Å². The van der Waals surface area contributed by atoms with Gasteiger partial charge < -0.3 is 10.1 Å². The zero-order valence-electron chi connectivity index (χ0n) is 14.0. The van der Waals surface area contributed by atoms with Gasteiger partial charge in [-0.3, -0.25) is 0 Å². The number of benzene rings is 2. The van der Waals surface area contributed by atoms with Gasteiger partial charge in [-0.25, -0.2) is 0 Å². The number of allylic oxidation sites excluding steroid dienone is 2. The number of nitrogens with one attached hydrogen (secondary N) is 1. The van der Waals surface area contributed by atoms with Gasteiger partial charge in [0.05, 0.1) is 13.2 Å². The molecule has 118 valence electrons. The van der Waals surface area contributed by atoms with Gasteiger partial charge in [-0.15, -0.1) is 0 Å². The van der Waals surface area contributed by atoms with Gasteiger partial charge in [-0.1, -0.05) is 36.4 Å². The lowest BCUT2D eigenvalue weighted by atomic mass is 9.75. The molecule has 2 heteroatoms. The summed E-state index contributed by atoms with van der Waals surface area (Å²) in [6.07, 6.45) is 5.86. The Morgan fingerprint density at radius 3 is 2.78 bits per heavy atom. The van der Waals surface area contributed by atoms with Crippen LogP contribution in [0.1, 0.15) is 40.6 Å². The van der Waals surface area contributed by atoms with Crippen molar-refractivity contribution in [2.45, 2.75) is 32.2 Å². The van der Waals surface area contributed by atoms with Gasteiger partial charge >= 0.3 is 0 Å². The van der Waals surface area contributed by atoms with E-state index in [1.165, 1.54) is 27.9 Å². The predicted molar refractivity (Wildman–Crippen MR) is 95.3 cm³/mol. The lowest BCUT2D eigenvalue weighted by molar-refractivity contribution is 0.381. The third-order valence-corrected chi connectivity index (χ3v) is 5.29. The van der Waals surface area contributed by atoms with Gasteiger partial charge in [0.1, 0.15) is 5.75 Å². The summed E-state index contributed by atoms with van der Waals surface area (Å²) < 4.78 is 5.62. The van der Waals surface area contributed by atoms with Gasteiger partial charge in [-0.05, 0) is 55.0 Å². The van der Waals surface area contributed by atoms with E-state index in [0.29, 0.717) is 17.9 Å². The zero-order chi connectivity index (χ0) is 16.0. The summed E-state index contributed by atoms with van der Waals surface area (Å²) in [6, 6.07) is 13.3. The van der Waals surface area contributed by atoms with Crippen molar-refractivity contribution >= 4 is 5.69 Å². The third kappa shape index (κ3) is 2.24. The second-order valence-corrected chi connectivity index (χ2v) is 6.76. The van der Waals surface area contributed by atoms with Crippen LogP contribution in [0.15, 0.2) is 48.6 Å². The van der Waals surface area contributed by atoms with Crippen LogP contribution in [-0.2, 0) is 0 Å². The molecule has 3 atom stereocenters. The van der Waals surface area contributed by atoms with Crippen molar-refractivity contribution in [1.82, 2.24) is 0 Å². The third-order valence-electron chi connectivity index (χ3n) is 5.29. The highest BCUT2D eigenvalue weighted by Gasteiger charge is 2.39. The molecule has 1 heterocycles. The van der Waals surface area contributed by atoms with Crippen molar-refractivity contribution in [2.24, 2.45) is 5.92 Å². The van der Waals surface area contributed by atoms with Gasteiger partial charge in [0, 0.05) is 17.2 Å². The number of anilines is 1. The van der Waals surface area contributed by atoms with E-state index >= 15 is 0 Å². The fourth-order valence-corrected chi connectivity index (χ4v) is 4.37. The second-order valence-electron chi connectivity index (χ2n) is 6.76. The van der Waals surface area contributed by atoms with E-state index in [9.17, 15) is 0 Å². The number of fused-ring (bicyclic) bond motifs is 3. The Labute approximate surface area is 138 Å². The van der Waals surface area contributed by atoms with Gasteiger partial charge in [0.2, 0.25) is 0 Å². The summed E-state index contributed by atoms with van der Waals surface area (Å²) >= 11 is 0. The first kappa shape index (κ1) is 14.4. The topological polar surface area (TPSA) is 21.3 Å². The van der Waals surface area contributed by atoms with Crippen LogP contribution in [0.25, 0.3) is 0 Å². The normalized spacial score (nSPS) is 24.7. The molecule has 0 spiro atoms. The van der Waals surface area contributed by atoms with Crippen molar-refractivity contribution in [3.63, 3.8) is 0 Å². The first-order chi connectivity index (χ1) is 11.2. The van der Waals surface area contributed by atoms with Crippen molar-refractivity contribution in [3.05, 3.63) is 70.8 Å². The first-order valence-corrected chi connectivity index (χ1v) is 8.36. The monoisotopic (exact) mass is 305 g/mol. The molecule has 0 amide bonds. The first-order valence-electron chi connectivity index (χ1n) is 8.36. The van der Waals surface area contributed by atoms with Gasteiger partial charge in [0.25, 0.3) is 0 Å². The lowest BCUT2D eigenvalue weighted by Gasteiger charge is -2.39. The molecule has 0 fully saturated rings. The number of methoxy groups -OCH3 is 1. The standard InChI is InChI=1S/C21H23NO/c1-13-11-14(2)20-15-8-6-9-16(15)21(22-18(20)12-13)17-7-4-5-10-19(17)23-3/h4-8,10-12,15-16,21-22H,9H2,1-3H3. The summed E-state index contributed by atoms with van der Waals surface area (Å²) in [7, 11) is 1.76. The molecule has 1 N–H and O–H groups in total. The average Bonchev–Trinajstić information content (AvgIpc) is 3.02. The van der Waals surface area contributed by atoms with E-state index in [1.54, 1.807) is 7.11 Å². The van der Waals surface area contributed by atoms with E-state index in [0.717, 1.165) is 12.2 Å². The molecule has 3 unspecified atom stereocenters. The highest BCUT2D eigenvalue weighted by Crippen LogP contribution is 2.52. The van der Waals surface area contributed by atoms with Gasteiger partial charge in [-0.2, -0.15) is 0 Å². The number of aryl methyl sites for hydroxylation is 2. The summed E-state index contributed by atoms with van der Waals surface area (Å²) in [4.78, 5) is 0. The summed E-state index contributed by atoms with van der Waals surface area (Å²) in [5.74, 6) is 2.03. The van der Waals surface area contributed by atoms with Crippen LogP contribution in [0.4, 0.5) is 5.69 Å². The van der Waals surface area contributed by atoms with E-state index < -0.39 is 0 Å². The molecular weight excluding hydrogens is 282 g/mol. The smallest absolute Gasteiger partial charge is 0.124 e. The molecule has 0 radical (unpaired) electrons. The number of para-hydroxylation sites is 1. The molecule has 1 aliphatic carbocycles. The summed E-state index contributed by atoms with van der Waals surface area (Å²) in [5.41, 5.74) is 6.73. The lowest BCUT2D eigenvalue weighted by Crippen LogP contribution is -2.30. The van der Waals surface area contributed by atoms with E-state index in [2.05, 4.69) is 61.6 Å². The molecule has 0 aromatic heterocycles. The van der Waals surface area contributed by atoms with Crippen LogP contribution in [0.3, 0.4) is 0 Å². The van der Waals surface area contributed by atoms with Crippen LogP contribution in [0.5, 0.6) is 5.75 Å². The Kier molecular flexibility index (Phi) is 3.41. The molecule has 2 nitrogen and oxygen atoms in total. The minimum Gasteiger partial charge on any atom is -0.496 e. The minimum atomic E-state index is 0.292. The van der Waals surface area contributed by atoms with Crippen LogP contribution in [0.2, 0.25) is 0 Å². The average molecular weight is 305 g/mol. The molecule has 0 saturated heterocycles. The maximum Gasteiger partial charge on any atom is 0.124 e. The fraction of sp³-hybridized carbons (Fsp3) is 0.333. The van der Waals surface area contributed by atoms with Crippen molar-refractivity contribution in [1.29, 1.82) is 0 Å². The summed E-state index contributed by atoms with van der Waals surface area (Å²) in [5, 5.41) is 3.82. The van der Waals surface area contributed by atoms with E-state index in [-0.39, 0.29) is 0 Å². The number of rotatable bonds is 2. The molecule has 2 aliphatic rings. The Morgan fingerprint density at radius 2 is 1.96 bits per heavy atom. The highest BCUT2D eigenvalue weighted by atomic mass is 16.5. The maximum absolute atomic E-state index is 5.62. The number of hydrogen-bond donors (Lipinski definition) is 1. The van der Waals surface area contributed by atoms with Crippen LogP contribution in [0, 0.1) is 19.8 Å². The van der Waals surface area contributed by atoms with Gasteiger partial charge in [0.15, 0.2) is 0 Å². The molecule has 0 saturated carbocycles. The minimum absolute atomic E-state index is 0.292. The van der Waals surface area contributed by atoms with Crippen LogP contribution in [-0.4, -0.2) is 7.11 Å². The SMILES string of the molecule is COc1ccccc1C1Nc2cc(C)cc(C)c2C2C=CCC21. The maximum atomic E-state index is 5.62. The van der Waals surface area contributed by atoms with Crippen molar-refractivity contribution in [3.8, 4) is 5.75 Å². The molecule has 2 aromatic rings. The largest absolute Gasteiger partial charge is 0.496 e. The molecule has 2 aromatic carbocycles. The quantitative estimate of drug-likeness (QED) is 0.776. The van der Waals surface area contributed by atoms with E-state index in [4.69, 9.17) is 4.74 Å².